The van der Waals surface area contributed by atoms with E-state index in [1.165, 1.54) is 28.8 Å². The second kappa shape index (κ2) is 9.22. The molecule has 30 heavy (non-hydrogen) atoms. The molecular weight excluding hydrogens is 392 g/mol. The highest BCUT2D eigenvalue weighted by Gasteiger charge is 2.32. The first-order chi connectivity index (χ1) is 14.6. The number of carbonyl (C=O) groups is 1. The monoisotopic (exact) mass is 422 g/mol. The zero-order chi connectivity index (χ0) is 21.1. The largest absolute Gasteiger partial charge is 0.481 e. The molecule has 1 heterocycles. The van der Waals surface area contributed by atoms with E-state index in [9.17, 15) is 9.90 Å². The van der Waals surface area contributed by atoms with Crippen molar-refractivity contribution in [3.8, 4) is 5.75 Å². The number of para-hydroxylation sites is 1. The molecule has 1 aromatic heterocycles. The van der Waals surface area contributed by atoms with Crippen molar-refractivity contribution in [2.75, 3.05) is 0 Å². The second-order valence-corrected chi connectivity index (χ2v) is 9.39. The Kier molecular flexibility index (Phi) is 6.43. The van der Waals surface area contributed by atoms with Gasteiger partial charge in [0.15, 0.2) is 0 Å². The molecule has 4 rings (SSSR count). The Morgan fingerprint density at radius 2 is 1.90 bits per heavy atom. The van der Waals surface area contributed by atoms with E-state index in [4.69, 9.17) is 4.74 Å². The molecule has 1 N–H and O–H groups in total. The highest BCUT2D eigenvalue weighted by atomic mass is 32.1. The minimum absolute atomic E-state index is 0.560. The van der Waals surface area contributed by atoms with Gasteiger partial charge in [0.1, 0.15) is 11.5 Å². The Balaban J connectivity index is 1.96. The fourth-order valence-electron chi connectivity index (χ4n) is 4.74. The van der Waals surface area contributed by atoms with Crippen molar-refractivity contribution in [3.05, 3.63) is 68.4 Å². The smallest absolute Gasteiger partial charge is 0.311 e. The van der Waals surface area contributed by atoms with Crippen LogP contribution < -0.4 is 4.74 Å². The fraction of sp³-hybridized carbons (Fsp3) is 0.423. The Bertz CT molecular complexity index is 981. The molecule has 0 fully saturated rings. The number of ether oxygens (including phenoxy) is 1. The van der Waals surface area contributed by atoms with E-state index in [-0.39, 0.29) is 0 Å². The summed E-state index contributed by atoms with van der Waals surface area (Å²) in [5.74, 6) is 0.202. The molecule has 0 amide bonds. The highest BCUT2D eigenvalue weighted by molar-refractivity contribution is 7.13. The second-order valence-electron chi connectivity index (χ2n) is 8.28. The van der Waals surface area contributed by atoms with E-state index in [1.54, 1.807) is 0 Å². The number of fused-ring (bicyclic) bond motifs is 3. The van der Waals surface area contributed by atoms with Crippen molar-refractivity contribution < 1.29 is 14.6 Å². The molecule has 2 aromatic rings. The van der Waals surface area contributed by atoms with Gasteiger partial charge < -0.3 is 9.84 Å². The molecule has 2 aliphatic carbocycles. The van der Waals surface area contributed by atoms with Crippen molar-refractivity contribution in [1.82, 2.24) is 0 Å². The van der Waals surface area contributed by atoms with Gasteiger partial charge in [-0.05, 0) is 80.7 Å². The molecule has 0 saturated carbocycles. The summed E-state index contributed by atoms with van der Waals surface area (Å²) in [5.41, 5.74) is 4.79. The number of carboxylic acid groups (broad SMARTS) is 1. The minimum atomic E-state index is -0.766. The summed E-state index contributed by atoms with van der Waals surface area (Å²) in [6, 6.07) is 9.79. The SMILES string of the molecule is CCCC(C(=O)O)C1=C(Oc2ccccc2)c2sc3c(c2CCC=C1C)CCCC3. The molecule has 0 saturated heterocycles. The van der Waals surface area contributed by atoms with E-state index in [1.807, 2.05) is 55.5 Å². The fourth-order valence-corrected chi connectivity index (χ4v) is 6.18. The molecule has 158 valence electrons. The lowest BCUT2D eigenvalue weighted by Gasteiger charge is -2.24. The van der Waals surface area contributed by atoms with Crippen LogP contribution in [0.5, 0.6) is 5.75 Å². The van der Waals surface area contributed by atoms with Crippen LogP contribution in [0, 0.1) is 5.92 Å². The van der Waals surface area contributed by atoms with Crippen LogP contribution in [0.15, 0.2) is 47.6 Å². The summed E-state index contributed by atoms with van der Waals surface area (Å²) in [4.78, 5) is 15.0. The molecule has 1 unspecified atom stereocenters. The van der Waals surface area contributed by atoms with Crippen molar-refractivity contribution in [1.29, 1.82) is 0 Å². The molecule has 1 aromatic carbocycles. The summed E-state index contributed by atoms with van der Waals surface area (Å²) in [6.07, 6.45) is 10.3. The molecule has 2 aliphatic rings. The summed E-state index contributed by atoms with van der Waals surface area (Å²) < 4.78 is 6.54. The number of rotatable bonds is 6. The predicted octanol–water partition coefficient (Wildman–Crippen LogP) is 6.81. The van der Waals surface area contributed by atoms with Crippen LogP contribution in [0.4, 0.5) is 0 Å². The van der Waals surface area contributed by atoms with Crippen LogP contribution >= 0.6 is 11.3 Å². The minimum Gasteiger partial charge on any atom is -0.481 e. The summed E-state index contributed by atoms with van der Waals surface area (Å²) in [6.45, 7) is 4.10. The van der Waals surface area contributed by atoms with Crippen LogP contribution in [0.25, 0.3) is 5.76 Å². The standard InChI is InChI=1S/C26H30O3S/c1-3-10-21(26(27)28)23-17(2)11-9-15-20-19-14-7-8-16-22(19)30-25(20)24(23)29-18-12-5-4-6-13-18/h4-6,11-13,21H,3,7-10,14-16H2,1-2H3,(H,27,28). The Morgan fingerprint density at radius 3 is 2.63 bits per heavy atom. The number of allylic oxidation sites excluding steroid dienone is 2. The van der Waals surface area contributed by atoms with Gasteiger partial charge in [-0.2, -0.15) is 0 Å². The predicted molar refractivity (Wildman–Crippen MR) is 123 cm³/mol. The van der Waals surface area contributed by atoms with Crippen LogP contribution in [0.2, 0.25) is 0 Å². The quantitative estimate of drug-likeness (QED) is 0.556. The molecule has 1 atom stereocenters. The van der Waals surface area contributed by atoms with Gasteiger partial charge in [-0.3, -0.25) is 4.79 Å². The van der Waals surface area contributed by atoms with E-state index < -0.39 is 11.9 Å². The van der Waals surface area contributed by atoms with Gasteiger partial charge in [-0.15, -0.1) is 11.3 Å². The third-order valence-electron chi connectivity index (χ3n) is 6.19. The van der Waals surface area contributed by atoms with Crippen molar-refractivity contribution in [2.45, 2.75) is 65.2 Å². The number of aryl methyl sites for hydroxylation is 1. The molecule has 4 heteroatoms. The molecule has 0 bridgehead atoms. The number of aliphatic carboxylic acids is 1. The average Bonchev–Trinajstić information content (AvgIpc) is 3.10. The van der Waals surface area contributed by atoms with Gasteiger partial charge in [0, 0.05) is 10.5 Å². The number of benzene rings is 1. The maximum atomic E-state index is 12.3. The normalized spacial score (nSPS) is 17.3. The van der Waals surface area contributed by atoms with Crippen LogP contribution in [0.3, 0.4) is 0 Å². The third-order valence-corrected chi connectivity index (χ3v) is 7.52. The number of hydrogen-bond acceptors (Lipinski definition) is 3. The first-order valence-electron chi connectivity index (χ1n) is 11.1. The topological polar surface area (TPSA) is 46.5 Å². The van der Waals surface area contributed by atoms with Crippen molar-refractivity contribution in [3.63, 3.8) is 0 Å². The maximum Gasteiger partial charge on any atom is 0.311 e. The Morgan fingerprint density at radius 1 is 1.13 bits per heavy atom. The highest BCUT2D eigenvalue weighted by Crippen LogP contribution is 2.44. The lowest BCUT2D eigenvalue weighted by atomic mass is 9.84. The maximum absolute atomic E-state index is 12.3. The average molecular weight is 423 g/mol. The third kappa shape index (κ3) is 4.11. The van der Waals surface area contributed by atoms with Gasteiger partial charge >= 0.3 is 5.97 Å². The zero-order valence-corrected chi connectivity index (χ0v) is 18.7. The Hall–Kier alpha value is -2.33. The van der Waals surface area contributed by atoms with Crippen LogP contribution in [-0.4, -0.2) is 11.1 Å². The Labute approximate surface area is 183 Å². The molecule has 3 nitrogen and oxygen atoms in total. The van der Waals surface area contributed by atoms with E-state index >= 15 is 0 Å². The van der Waals surface area contributed by atoms with E-state index in [0.29, 0.717) is 6.42 Å². The van der Waals surface area contributed by atoms with Crippen LogP contribution in [0.1, 0.15) is 66.8 Å². The number of carboxylic acids is 1. The van der Waals surface area contributed by atoms with Gasteiger partial charge in [0.25, 0.3) is 0 Å². The lowest BCUT2D eigenvalue weighted by Crippen LogP contribution is -2.20. The van der Waals surface area contributed by atoms with Crippen molar-refractivity contribution >= 4 is 23.1 Å². The van der Waals surface area contributed by atoms with E-state index in [0.717, 1.165) is 59.6 Å². The number of thiophene rings is 1. The van der Waals surface area contributed by atoms with E-state index in [2.05, 4.69) is 6.08 Å². The van der Waals surface area contributed by atoms with Gasteiger partial charge in [0.2, 0.25) is 0 Å². The lowest BCUT2D eigenvalue weighted by molar-refractivity contribution is -0.140. The molecule has 0 aliphatic heterocycles. The van der Waals surface area contributed by atoms with Crippen molar-refractivity contribution in [2.24, 2.45) is 5.92 Å². The first-order valence-corrected chi connectivity index (χ1v) is 11.9. The number of hydrogen-bond donors (Lipinski definition) is 1. The van der Waals surface area contributed by atoms with Gasteiger partial charge in [-0.25, -0.2) is 0 Å². The first kappa shape index (κ1) is 20.9. The molecule has 0 spiro atoms. The summed E-state index contributed by atoms with van der Waals surface area (Å²) in [7, 11) is 0. The zero-order valence-electron chi connectivity index (χ0n) is 17.9. The summed E-state index contributed by atoms with van der Waals surface area (Å²) >= 11 is 1.84. The summed E-state index contributed by atoms with van der Waals surface area (Å²) in [5, 5.41) is 10.1. The molecular formula is C26H30O3S. The van der Waals surface area contributed by atoms with Gasteiger partial charge in [-0.1, -0.05) is 37.6 Å². The van der Waals surface area contributed by atoms with Crippen LogP contribution in [-0.2, 0) is 24.1 Å². The van der Waals surface area contributed by atoms with Gasteiger partial charge in [0.05, 0.1) is 10.8 Å². The molecule has 0 radical (unpaired) electrons.